The number of hydrogen-bond donors (Lipinski definition) is 3. The maximum Gasteiger partial charge on any atom is 0.336 e. The topological polar surface area (TPSA) is 99.0 Å². The molecule has 0 spiro atoms. The number of carbonyl (C=O) groups is 2. The molecule has 0 radical (unpaired) electrons. The van der Waals surface area contributed by atoms with Crippen LogP contribution >= 0.6 is 0 Å². The molecule has 1 amide bonds. The molecule has 0 atom stereocenters. The number of nitrogens with one attached hydrogen (secondary N) is 1. The first-order valence-corrected chi connectivity index (χ1v) is 7.44. The zero-order valence-corrected chi connectivity index (χ0v) is 13.0. The van der Waals surface area contributed by atoms with E-state index in [2.05, 4.69) is 10.5 Å². The van der Waals surface area contributed by atoms with Crippen molar-refractivity contribution in [1.29, 1.82) is 0 Å². The van der Waals surface area contributed by atoms with E-state index in [1.165, 1.54) is 18.3 Å². The highest BCUT2D eigenvalue weighted by Crippen LogP contribution is 2.24. The van der Waals surface area contributed by atoms with Crippen LogP contribution in [-0.2, 0) is 0 Å². The van der Waals surface area contributed by atoms with Crippen LogP contribution in [0.3, 0.4) is 0 Å². The third-order valence-electron chi connectivity index (χ3n) is 3.67. The molecule has 6 nitrogen and oxygen atoms in total. The van der Waals surface area contributed by atoms with Crippen molar-refractivity contribution >= 4 is 28.9 Å². The lowest BCUT2D eigenvalue weighted by Crippen LogP contribution is -2.18. The average Bonchev–Trinajstić information content (AvgIpc) is 2.61. The van der Waals surface area contributed by atoms with E-state index >= 15 is 0 Å². The minimum Gasteiger partial charge on any atom is -0.507 e. The minimum absolute atomic E-state index is 0.0778. The van der Waals surface area contributed by atoms with Crippen molar-refractivity contribution in [3.05, 3.63) is 77.4 Å². The number of phenolic OH excluding ortho intramolecular Hbond substituents is 1. The lowest BCUT2D eigenvalue weighted by molar-refractivity contribution is 0.0696. The molecule has 0 heterocycles. The van der Waals surface area contributed by atoms with Gasteiger partial charge in [-0.3, -0.25) is 4.79 Å². The summed E-state index contributed by atoms with van der Waals surface area (Å²) in [6, 6.07) is 16.7. The average molecular weight is 334 g/mol. The van der Waals surface area contributed by atoms with Gasteiger partial charge in [0.15, 0.2) is 0 Å². The molecule has 0 saturated heterocycles. The van der Waals surface area contributed by atoms with Gasteiger partial charge in [-0.15, -0.1) is 0 Å². The van der Waals surface area contributed by atoms with Crippen LogP contribution < -0.4 is 5.43 Å². The first kappa shape index (κ1) is 16.2. The summed E-state index contributed by atoms with van der Waals surface area (Å²) in [5.41, 5.74) is 2.82. The predicted octanol–water partition coefficient (Wildman–Crippen LogP) is 3.01. The van der Waals surface area contributed by atoms with E-state index in [0.717, 1.165) is 10.8 Å². The number of carboxylic acid groups (broad SMARTS) is 1. The fraction of sp³-hybridized carbons (Fsp3) is 0. The van der Waals surface area contributed by atoms with Crippen molar-refractivity contribution in [3.8, 4) is 5.75 Å². The van der Waals surface area contributed by atoms with Gasteiger partial charge in [-0.25, -0.2) is 10.2 Å². The number of carboxylic acids is 1. The number of aromatic hydroxyl groups is 1. The minimum atomic E-state index is -1.08. The second-order valence-electron chi connectivity index (χ2n) is 5.31. The Kier molecular flexibility index (Phi) is 4.43. The van der Waals surface area contributed by atoms with Gasteiger partial charge < -0.3 is 10.2 Å². The van der Waals surface area contributed by atoms with Gasteiger partial charge in [0.2, 0.25) is 0 Å². The number of hydrazone groups is 1. The van der Waals surface area contributed by atoms with E-state index < -0.39 is 11.9 Å². The molecule has 124 valence electrons. The summed E-state index contributed by atoms with van der Waals surface area (Å²) in [5.74, 6) is -1.83. The molecule has 0 bridgehead atoms. The molecule has 0 aromatic heterocycles. The van der Waals surface area contributed by atoms with E-state index in [9.17, 15) is 14.7 Å². The number of aromatic carboxylic acids is 1. The maximum atomic E-state index is 12.2. The van der Waals surface area contributed by atoms with Gasteiger partial charge in [-0.05, 0) is 29.0 Å². The molecular formula is C19H14N2O4. The molecule has 3 aromatic carbocycles. The van der Waals surface area contributed by atoms with E-state index in [1.807, 2.05) is 24.3 Å². The SMILES string of the molecule is O=C(N/N=C/c1ccccc1C(=O)O)c1cc2ccccc2cc1O. The molecule has 25 heavy (non-hydrogen) atoms. The fourth-order valence-electron chi connectivity index (χ4n) is 2.44. The molecular weight excluding hydrogens is 320 g/mol. The van der Waals surface area contributed by atoms with Gasteiger partial charge in [-0.2, -0.15) is 5.10 Å². The Morgan fingerprint density at radius 1 is 0.920 bits per heavy atom. The van der Waals surface area contributed by atoms with Crippen molar-refractivity contribution < 1.29 is 19.8 Å². The van der Waals surface area contributed by atoms with Gasteiger partial charge >= 0.3 is 5.97 Å². The normalized spacial score (nSPS) is 10.9. The van der Waals surface area contributed by atoms with Crippen LogP contribution in [0, 0.1) is 0 Å². The second kappa shape index (κ2) is 6.84. The highest BCUT2D eigenvalue weighted by molar-refractivity contribution is 6.02. The number of fused-ring (bicyclic) bond motifs is 1. The predicted molar refractivity (Wildman–Crippen MR) is 94.1 cm³/mol. The summed E-state index contributed by atoms with van der Waals surface area (Å²) < 4.78 is 0. The van der Waals surface area contributed by atoms with E-state index in [1.54, 1.807) is 24.3 Å². The highest BCUT2D eigenvalue weighted by Gasteiger charge is 2.12. The van der Waals surface area contributed by atoms with Crippen LogP contribution in [0.2, 0.25) is 0 Å². The zero-order valence-electron chi connectivity index (χ0n) is 13.0. The first-order valence-electron chi connectivity index (χ1n) is 7.44. The van der Waals surface area contributed by atoms with E-state index in [0.29, 0.717) is 5.56 Å². The Balaban J connectivity index is 1.81. The second-order valence-corrected chi connectivity index (χ2v) is 5.31. The Hall–Kier alpha value is -3.67. The summed E-state index contributed by atoms with van der Waals surface area (Å²) in [4.78, 5) is 23.3. The number of benzene rings is 3. The number of carbonyl (C=O) groups excluding carboxylic acids is 1. The largest absolute Gasteiger partial charge is 0.507 e. The summed E-state index contributed by atoms with van der Waals surface area (Å²) in [5, 5.41) is 24.5. The third-order valence-corrected chi connectivity index (χ3v) is 3.67. The van der Waals surface area contributed by atoms with Crippen molar-refractivity contribution in [1.82, 2.24) is 5.43 Å². The standard InChI is InChI=1S/C19H14N2O4/c22-17-10-13-6-2-1-5-12(13)9-16(17)18(23)21-20-11-14-7-3-4-8-15(14)19(24)25/h1-11,22H,(H,21,23)(H,24,25)/b20-11+. The molecule has 3 rings (SSSR count). The Labute approximate surface area is 143 Å². The zero-order chi connectivity index (χ0) is 17.8. The summed E-state index contributed by atoms with van der Waals surface area (Å²) in [6.07, 6.45) is 1.25. The molecule has 0 aliphatic carbocycles. The van der Waals surface area contributed by atoms with Gasteiger partial charge in [0, 0.05) is 5.56 Å². The lowest BCUT2D eigenvalue weighted by Gasteiger charge is -2.06. The van der Waals surface area contributed by atoms with Crippen LogP contribution in [0.5, 0.6) is 5.75 Å². The van der Waals surface area contributed by atoms with Gasteiger partial charge in [0.25, 0.3) is 5.91 Å². The van der Waals surface area contributed by atoms with Crippen molar-refractivity contribution in [2.24, 2.45) is 5.10 Å². The Morgan fingerprint density at radius 3 is 2.28 bits per heavy atom. The van der Waals surface area contributed by atoms with Crippen LogP contribution in [0.4, 0.5) is 0 Å². The summed E-state index contributed by atoms with van der Waals surface area (Å²) in [7, 11) is 0. The van der Waals surface area contributed by atoms with Crippen molar-refractivity contribution in [2.75, 3.05) is 0 Å². The molecule has 6 heteroatoms. The summed E-state index contributed by atoms with van der Waals surface area (Å²) >= 11 is 0. The molecule has 0 saturated carbocycles. The van der Waals surface area contributed by atoms with Crippen molar-refractivity contribution in [3.63, 3.8) is 0 Å². The quantitative estimate of drug-likeness (QED) is 0.504. The highest BCUT2D eigenvalue weighted by atomic mass is 16.4. The molecule has 0 aliphatic heterocycles. The fourth-order valence-corrected chi connectivity index (χ4v) is 2.44. The van der Waals surface area contributed by atoms with Gasteiger partial charge in [0.05, 0.1) is 17.3 Å². The van der Waals surface area contributed by atoms with Gasteiger partial charge in [-0.1, -0.05) is 42.5 Å². The monoisotopic (exact) mass is 334 g/mol. The summed E-state index contributed by atoms with van der Waals surface area (Å²) in [6.45, 7) is 0. The van der Waals surface area contributed by atoms with Crippen LogP contribution in [-0.4, -0.2) is 28.3 Å². The van der Waals surface area contributed by atoms with Crippen LogP contribution in [0.25, 0.3) is 10.8 Å². The molecule has 0 unspecified atom stereocenters. The van der Waals surface area contributed by atoms with Gasteiger partial charge in [0.1, 0.15) is 5.75 Å². The van der Waals surface area contributed by atoms with Crippen LogP contribution in [0.15, 0.2) is 65.8 Å². The molecule has 0 fully saturated rings. The Bertz CT molecular complexity index is 996. The Morgan fingerprint density at radius 2 is 1.56 bits per heavy atom. The number of amides is 1. The third kappa shape index (κ3) is 3.48. The van der Waals surface area contributed by atoms with E-state index in [-0.39, 0.29) is 16.9 Å². The molecule has 0 aliphatic rings. The first-order chi connectivity index (χ1) is 12.1. The smallest absolute Gasteiger partial charge is 0.336 e. The van der Waals surface area contributed by atoms with Crippen LogP contribution in [0.1, 0.15) is 26.3 Å². The number of hydrogen-bond acceptors (Lipinski definition) is 4. The molecule has 3 N–H and O–H groups in total. The van der Waals surface area contributed by atoms with Crippen molar-refractivity contribution in [2.45, 2.75) is 0 Å². The molecule has 3 aromatic rings. The number of phenols is 1. The number of rotatable bonds is 4. The lowest BCUT2D eigenvalue weighted by atomic mass is 10.1. The maximum absolute atomic E-state index is 12.2. The number of nitrogens with zero attached hydrogens (tertiary/aromatic N) is 1. The van der Waals surface area contributed by atoms with E-state index in [4.69, 9.17) is 5.11 Å².